The zero-order valence-corrected chi connectivity index (χ0v) is 34.0. The van der Waals surface area contributed by atoms with Crippen LogP contribution in [-0.4, -0.2) is 8.07 Å². The van der Waals surface area contributed by atoms with Crippen LogP contribution in [-0.2, 0) is 12.8 Å². The number of para-hydroxylation sites is 1. The van der Waals surface area contributed by atoms with Gasteiger partial charge < -0.3 is 4.42 Å². The molecule has 3 nitrogen and oxygen atoms in total. The topological polar surface area (TPSA) is 20.9 Å². The van der Waals surface area contributed by atoms with Crippen molar-refractivity contribution in [1.82, 2.24) is 0 Å². The summed E-state index contributed by atoms with van der Waals surface area (Å²) in [5, 5.41) is 8.97. The lowest BCUT2D eigenvalue weighted by atomic mass is 9.77. The van der Waals surface area contributed by atoms with E-state index in [0.717, 1.165) is 48.2 Å². The highest BCUT2D eigenvalue weighted by molar-refractivity contribution is 6.89. The molecule has 0 amide bonds. The molecule has 0 aliphatic carbocycles. The molecule has 5 heterocycles. The van der Waals surface area contributed by atoms with E-state index in [1.165, 1.54) is 71.4 Å². The molecular weight excluding hydrogens is 685 g/mol. The van der Waals surface area contributed by atoms with Crippen LogP contribution in [0.2, 0.25) is 19.6 Å². The van der Waals surface area contributed by atoms with Crippen molar-refractivity contribution in [3.63, 3.8) is 0 Å². The van der Waals surface area contributed by atoms with Crippen molar-refractivity contribution in [3.05, 3.63) is 144 Å². The van der Waals surface area contributed by atoms with Gasteiger partial charge in [-0.1, -0.05) is 106 Å². The molecule has 2 unspecified atom stereocenters. The molecule has 8 aromatic rings. The summed E-state index contributed by atoms with van der Waals surface area (Å²) in [5.74, 6) is 0.918. The molecule has 0 radical (unpaired) electrons. The predicted octanol–water partition coefficient (Wildman–Crippen LogP) is 12.0. The number of furan rings is 1. The lowest BCUT2D eigenvalue weighted by Crippen LogP contribution is -2.54. The molecule has 5 aromatic carbocycles. The van der Waals surface area contributed by atoms with E-state index in [0.29, 0.717) is 11.8 Å². The number of hydrogen-bond donors (Lipinski definition) is 0. The molecule has 2 aliphatic rings. The molecule has 0 fully saturated rings. The summed E-state index contributed by atoms with van der Waals surface area (Å²) in [6.07, 6.45) is 8.88. The van der Waals surface area contributed by atoms with E-state index in [1.807, 2.05) is 0 Å². The quantitative estimate of drug-likeness (QED) is 0.101. The first-order valence-corrected chi connectivity index (χ1v) is 23.7. The van der Waals surface area contributed by atoms with E-state index >= 15 is 0 Å². The van der Waals surface area contributed by atoms with E-state index in [2.05, 4.69) is 165 Å². The summed E-state index contributed by atoms with van der Waals surface area (Å²) in [7, 11) is -1.67. The van der Waals surface area contributed by atoms with E-state index in [-0.39, 0.29) is 6.04 Å². The monoisotopic (exact) mass is 734 g/mol. The molecular formula is C51H50N2OSi+2. The van der Waals surface area contributed by atoms with Crippen molar-refractivity contribution in [2.24, 2.45) is 5.92 Å². The first-order chi connectivity index (χ1) is 26.5. The first kappa shape index (κ1) is 34.2. The van der Waals surface area contributed by atoms with Crippen molar-refractivity contribution in [1.29, 1.82) is 0 Å². The molecule has 0 N–H and O–H groups in total. The fourth-order valence-corrected chi connectivity index (χ4v) is 11.8. The lowest BCUT2D eigenvalue weighted by molar-refractivity contribution is -0.719. The van der Waals surface area contributed by atoms with Gasteiger partial charge in [0.1, 0.15) is 11.2 Å². The van der Waals surface area contributed by atoms with E-state index < -0.39 is 8.07 Å². The van der Waals surface area contributed by atoms with Gasteiger partial charge in [-0.25, -0.2) is 0 Å². The Kier molecular flexibility index (Phi) is 7.84. The van der Waals surface area contributed by atoms with Crippen molar-refractivity contribution in [2.45, 2.75) is 78.1 Å². The largest absolute Gasteiger partial charge is 0.455 e. The minimum absolute atomic E-state index is 0.228. The second-order valence-corrected chi connectivity index (χ2v) is 22.8. The van der Waals surface area contributed by atoms with E-state index in [1.54, 1.807) is 5.19 Å². The Morgan fingerprint density at radius 1 is 0.800 bits per heavy atom. The highest BCUT2D eigenvalue weighted by Gasteiger charge is 2.44. The molecule has 0 spiro atoms. The van der Waals surface area contributed by atoms with Gasteiger partial charge in [-0.15, -0.1) is 0 Å². The van der Waals surface area contributed by atoms with Crippen LogP contribution in [0.3, 0.4) is 0 Å². The molecule has 55 heavy (non-hydrogen) atoms. The highest BCUT2D eigenvalue weighted by Crippen LogP contribution is 2.47. The minimum atomic E-state index is -1.67. The number of benzene rings is 5. The normalized spacial score (nSPS) is 17.0. The number of rotatable bonds is 3. The van der Waals surface area contributed by atoms with Crippen LogP contribution in [0.1, 0.15) is 60.9 Å². The minimum Gasteiger partial charge on any atom is -0.455 e. The van der Waals surface area contributed by atoms with Gasteiger partial charge in [-0.2, -0.15) is 9.13 Å². The number of allylic oxidation sites excluding steroid dienone is 1. The molecule has 3 aromatic heterocycles. The van der Waals surface area contributed by atoms with Crippen molar-refractivity contribution in [3.8, 4) is 22.5 Å². The number of hydrogen-bond acceptors (Lipinski definition) is 1. The SMILES string of the molecule is C=C1CC2C(CCc3cc(C)c4c(oc5ccccc54)c3-c3cc4c(ccc5ccccc54)c[n+]31)c1ccccc1-c1cc(CC(C)C)c([Si](C)(C)C)c[n+]12. The molecule has 0 bridgehead atoms. The van der Waals surface area contributed by atoms with Crippen molar-refractivity contribution >= 4 is 62.4 Å². The molecule has 0 saturated carbocycles. The third-order valence-electron chi connectivity index (χ3n) is 12.6. The summed E-state index contributed by atoms with van der Waals surface area (Å²) in [6.45, 7) is 19.5. The maximum absolute atomic E-state index is 6.94. The predicted molar refractivity (Wildman–Crippen MR) is 233 cm³/mol. The molecule has 10 rings (SSSR count). The highest BCUT2D eigenvalue weighted by atomic mass is 28.3. The van der Waals surface area contributed by atoms with Gasteiger partial charge in [0.05, 0.1) is 20.1 Å². The van der Waals surface area contributed by atoms with Crippen LogP contribution in [0, 0.1) is 12.8 Å². The zero-order chi connectivity index (χ0) is 37.7. The maximum atomic E-state index is 6.94. The summed E-state index contributed by atoms with van der Waals surface area (Å²) in [4.78, 5) is 0. The Balaban J connectivity index is 1.26. The maximum Gasteiger partial charge on any atom is 0.222 e. The number of fused-ring (bicyclic) bond motifs is 16. The summed E-state index contributed by atoms with van der Waals surface area (Å²) < 4.78 is 12.1. The Bertz CT molecular complexity index is 2890. The van der Waals surface area contributed by atoms with Crippen LogP contribution in [0.4, 0.5) is 0 Å². The van der Waals surface area contributed by atoms with Gasteiger partial charge in [-0.05, 0) is 89.9 Å². The second kappa shape index (κ2) is 12.6. The first-order valence-electron chi connectivity index (χ1n) is 20.2. The van der Waals surface area contributed by atoms with Gasteiger partial charge in [0.25, 0.3) is 0 Å². The molecule has 4 heteroatoms. The molecule has 272 valence electrons. The third-order valence-corrected chi connectivity index (χ3v) is 14.7. The van der Waals surface area contributed by atoms with Crippen LogP contribution in [0.25, 0.3) is 71.7 Å². The average Bonchev–Trinajstić information content (AvgIpc) is 3.56. The van der Waals surface area contributed by atoms with E-state index in [9.17, 15) is 0 Å². The molecule has 2 aliphatic heterocycles. The van der Waals surface area contributed by atoms with Gasteiger partial charge in [0.2, 0.25) is 11.4 Å². The summed E-state index contributed by atoms with van der Waals surface area (Å²) >= 11 is 0. The Labute approximate surface area is 325 Å². The van der Waals surface area contributed by atoms with E-state index in [4.69, 9.17) is 11.0 Å². The summed E-state index contributed by atoms with van der Waals surface area (Å²) in [5.41, 5.74) is 13.7. The van der Waals surface area contributed by atoms with Gasteiger partial charge in [-0.3, -0.25) is 0 Å². The molecule has 0 saturated heterocycles. The number of aromatic nitrogens is 2. The fourth-order valence-electron chi connectivity index (χ4n) is 10.2. The number of aryl methyl sites for hydroxylation is 2. The van der Waals surface area contributed by atoms with Crippen LogP contribution < -0.4 is 14.3 Å². The van der Waals surface area contributed by atoms with Crippen molar-refractivity contribution < 1.29 is 13.6 Å². The van der Waals surface area contributed by atoms with Crippen LogP contribution >= 0.6 is 0 Å². The van der Waals surface area contributed by atoms with Crippen molar-refractivity contribution in [2.75, 3.05) is 0 Å². The van der Waals surface area contributed by atoms with Gasteiger partial charge in [0.15, 0.2) is 24.1 Å². The third kappa shape index (κ3) is 5.44. The van der Waals surface area contributed by atoms with Gasteiger partial charge in [0, 0.05) is 50.3 Å². The number of pyridine rings is 2. The Hall–Kier alpha value is -5.32. The smallest absolute Gasteiger partial charge is 0.222 e. The molecule has 2 atom stereocenters. The number of nitrogens with zero attached hydrogens (tertiary/aromatic N) is 2. The zero-order valence-electron chi connectivity index (χ0n) is 33.0. The second-order valence-electron chi connectivity index (χ2n) is 17.8. The van der Waals surface area contributed by atoms with Gasteiger partial charge >= 0.3 is 0 Å². The summed E-state index contributed by atoms with van der Waals surface area (Å²) in [6, 6.07) is 38.8. The standard InChI is InChI=1S/C51H50N2OSi/c1-31(2)24-37-27-45-40-17-11-10-16-39(40)41-23-22-35-25-32(3)49-42-18-12-13-19-47(42)54-51(49)50(35)46-28-43-36(21-20-34-14-8-9-15-38(34)43)29-52(46)33(4)26-44(41)53(45)30-48(37)55(5,6)7/h8-21,25,27-31,41,44H,4,22-24,26H2,1-3,5-7H3/q+2. The Morgan fingerprint density at radius 3 is 2.36 bits per heavy atom. The van der Waals surface area contributed by atoms with Crippen LogP contribution in [0.5, 0.6) is 0 Å². The van der Waals surface area contributed by atoms with Crippen LogP contribution in [0.15, 0.2) is 127 Å². The Morgan fingerprint density at radius 2 is 1.55 bits per heavy atom. The lowest BCUT2D eigenvalue weighted by Gasteiger charge is -2.33. The average molecular weight is 735 g/mol. The fraction of sp³-hybridized carbons (Fsp3) is 0.255.